The van der Waals surface area contributed by atoms with E-state index < -0.39 is 0 Å². The second-order valence-electron chi connectivity index (χ2n) is 4.72. The third-order valence-electron chi connectivity index (χ3n) is 3.18. The van der Waals surface area contributed by atoms with Crippen LogP contribution in [0.5, 0.6) is 0 Å². The molecule has 0 radical (unpaired) electrons. The molecule has 0 unspecified atom stereocenters. The number of benzene rings is 1. The van der Waals surface area contributed by atoms with Gasteiger partial charge in [-0.2, -0.15) is 0 Å². The molecule has 2 aromatic rings. The number of halogens is 1. The van der Waals surface area contributed by atoms with E-state index in [4.69, 9.17) is 0 Å². The van der Waals surface area contributed by atoms with E-state index in [9.17, 15) is 4.39 Å². The predicted octanol–water partition coefficient (Wildman–Crippen LogP) is 3.42. The fourth-order valence-corrected chi connectivity index (χ4v) is 2.08. The lowest BCUT2D eigenvalue weighted by molar-refractivity contribution is 0.624. The number of hydrogen-bond acceptors (Lipinski definition) is 3. The van der Waals surface area contributed by atoms with Crippen LogP contribution in [0.1, 0.15) is 17.7 Å². The molecule has 1 aromatic carbocycles. The van der Waals surface area contributed by atoms with E-state index in [1.54, 1.807) is 6.07 Å². The minimum atomic E-state index is -0.335. The highest BCUT2D eigenvalue weighted by molar-refractivity contribution is 6.03. The van der Waals surface area contributed by atoms with Gasteiger partial charge in [-0.25, -0.2) is 14.4 Å². The maximum atomic E-state index is 14.0. The standard InChI is InChI=1S/C16H14FN3/c1-11-3-5-12(6-4-11)13-9-15(20-10-14(13)17)16-18-7-2-8-19-16/h3-7,9-10H,2,8H2,1H3. The molecule has 0 bridgehead atoms. The van der Waals surface area contributed by atoms with E-state index in [-0.39, 0.29) is 5.82 Å². The van der Waals surface area contributed by atoms with Gasteiger partial charge in [0.15, 0.2) is 5.84 Å². The van der Waals surface area contributed by atoms with Gasteiger partial charge in [-0.1, -0.05) is 29.8 Å². The SMILES string of the molecule is Cc1ccc(-c2cc(C3=NCCC=N3)ncc2F)cc1. The second kappa shape index (κ2) is 5.33. The molecule has 3 nitrogen and oxygen atoms in total. The summed E-state index contributed by atoms with van der Waals surface area (Å²) in [6, 6.07) is 9.45. The maximum absolute atomic E-state index is 14.0. The van der Waals surface area contributed by atoms with E-state index in [1.807, 2.05) is 37.4 Å². The van der Waals surface area contributed by atoms with Gasteiger partial charge >= 0.3 is 0 Å². The summed E-state index contributed by atoms with van der Waals surface area (Å²) in [7, 11) is 0. The summed E-state index contributed by atoms with van der Waals surface area (Å²) in [4.78, 5) is 12.6. The fraction of sp³-hybridized carbons (Fsp3) is 0.188. The van der Waals surface area contributed by atoms with Gasteiger partial charge in [0.05, 0.1) is 6.20 Å². The lowest BCUT2D eigenvalue weighted by Gasteiger charge is -2.08. The molecule has 1 aliphatic rings. The number of pyridine rings is 1. The van der Waals surface area contributed by atoms with Crippen molar-refractivity contribution in [3.05, 3.63) is 53.6 Å². The number of nitrogens with zero attached hydrogens (tertiary/aromatic N) is 3. The van der Waals surface area contributed by atoms with E-state index in [0.717, 1.165) is 17.5 Å². The first kappa shape index (κ1) is 12.7. The Hall–Kier alpha value is -2.36. The van der Waals surface area contributed by atoms with Gasteiger partial charge in [0.2, 0.25) is 0 Å². The summed E-state index contributed by atoms with van der Waals surface area (Å²) < 4.78 is 14.0. The van der Waals surface area contributed by atoms with Crippen LogP contribution >= 0.6 is 0 Å². The highest BCUT2D eigenvalue weighted by atomic mass is 19.1. The molecular formula is C16H14FN3. The first-order chi connectivity index (χ1) is 9.74. The minimum Gasteiger partial charge on any atom is -0.265 e. The molecule has 4 heteroatoms. The predicted molar refractivity (Wildman–Crippen MR) is 78.9 cm³/mol. The van der Waals surface area contributed by atoms with Gasteiger partial charge in [0.1, 0.15) is 11.5 Å². The van der Waals surface area contributed by atoms with Crippen molar-refractivity contribution in [2.75, 3.05) is 6.54 Å². The molecular weight excluding hydrogens is 253 g/mol. The van der Waals surface area contributed by atoms with Crippen molar-refractivity contribution >= 4 is 12.1 Å². The smallest absolute Gasteiger partial charge is 0.173 e. The van der Waals surface area contributed by atoms with Crippen LogP contribution in [0.25, 0.3) is 11.1 Å². The van der Waals surface area contributed by atoms with Crippen LogP contribution in [-0.2, 0) is 0 Å². The average Bonchev–Trinajstić information content (AvgIpc) is 2.50. The Morgan fingerprint density at radius 1 is 1.15 bits per heavy atom. The molecule has 0 amide bonds. The molecule has 0 saturated carbocycles. The number of aromatic nitrogens is 1. The van der Waals surface area contributed by atoms with Gasteiger partial charge in [-0.05, 0) is 18.6 Å². The van der Waals surface area contributed by atoms with Gasteiger partial charge < -0.3 is 0 Å². The van der Waals surface area contributed by atoms with Crippen LogP contribution in [0.2, 0.25) is 0 Å². The average molecular weight is 267 g/mol. The quantitative estimate of drug-likeness (QED) is 0.821. The fourth-order valence-electron chi connectivity index (χ4n) is 2.08. The number of rotatable bonds is 2. The van der Waals surface area contributed by atoms with E-state index in [0.29, 0.717) is 23.6 Å². The summed E-state index contributed by atoms with van der Waals surface area (Å²) in [6.07, 6.45) is 3.89. The summed E-state index contributed by atoms with van der Waals surface area (Å²) in [6.45, 7) is 2.71. The minimum absolute atomic E-state index is 0.335. The molecule has 2 heterocycles. The normalized spacial score (nSPS) is 14.2. The third kappa shape index (κ3) is 2.50. The molecule has 0 atom stereocenters. The number of aliphatic imine (C=N–C) groups is 2. The van der Waals surface area contributed by atoms with Crippen LogP contribution < -0.4 is 0 Å². The van der Waals surface area contributed by atoms with Gasteiger partial charge in [0.25, 0.3) is 0 Å². The number of aryl methyl sites for hydroxylation is 1. The van der Waals surface area contributed by atoms with E-state index in [1.165, 1.54) is 6.20 Å². The van der Waals surface area contributed by atoms with Crippen molar-refractivity contribution in [3.8, 4) is 11.1 Å². The van der Waals surface area contributed by atoms with Crippen molar-refractivity contribution in [1.82, 2.24) is 4.98 Å². The van der Waals surface area contributed by atoms with Crippen molar-refractivity contribution < 1.29 is 4.39 Å². The van der Waals surface area contributed by atoms with E-state index in [2.05, 4.69) is 15.0 Å². The first-order valence-electron chi connectivity index (χ1n) is 6.54. The Bertz CT molecular complexity index is 687. The van der Waals surface area contributed by atoms with Crippen molar-refractivity contribution in [2.45, 2.75) is 13.3 Å². The number of hydrogen-bond donors (Lipinski definition) is 0. The molecule has 0 spiro atoms. The summed E-state index contributed by atoms with van der Waals surface area (Å²) in [5.41, 5.74) is 3.11. The number of amidine groups is 1. The molecule has 1 aliphatic heterocycles. The molecule has 0 saturated heterocycles. The molecule has 0 N–H and O–H groups in total. The first-order valence-corrected chi connectivity index (χ1v) is 6.54. The summed E-state index contributed by atoms with van der Waals surface area (Å²) in [5.74, 6) is 0.239. The highest BCUT2D eigenvalue weighted by Gasteiger charge is 2.11. The molecule has 100 valence electrons. The third-order valence-corrected chi connectivity index (χ3v) is 3.18. The van der Waals surface area contributed by atoms with Crippen molar-refractivity contribution in [1.29, 1.82) is 0 Å². The monoisotopic (exact) mass is 267 g/mol. The van der Waals surface area contributed by atoms with Crippen LogP contribution in [0, 0.1) is 12.7 Å². The van der Waals surface area contributed by atoms with E-state index >= 15 is 0 Å². The Kier molecular flexibility index (Phi) is 3.37. The largest absolute Gasteiger partial charge is 0.265 e. The Morgan fingerprint density at radius 3 is 2.65 bits per heavy atom. The lowest BCUT2D eigenvalue weighted by Crippen LogP contribution is -2.07. The molecule has 0 fully saturated rings. The zero-order valence-electron chi connectivity index (χ0n) is 11.2. The lowest BCUT2D eigenvalue weighted by atomic mass is 10.0. The van der Waals surface area contributed by atoms with Crippen LogP contribution in [0.15, 0.2) is 46.5 Å². The molecule has 20 heavy (non-hydrogen) atoms. The topological polar surface area (TPSA) is 37.6 Å². The molecule has 0 aliphatic carbocycles. The zero-order chi connectivity index (χ0) is 13.9. The van der Waals surface area contributed by atoms with Gasteiger partial charge in [0, 0.05) is 24.7 Å². The van der Waals surface area contributed by atoms with Crippen LogP contribution in [0.4, 0.5) is 4.39 Å². The zero-order valence-corrected chi connectivity index (χ0v) is 11.2. The van der Waals surface area contributed by atoms with Gasteiger partial charge in [-0.3, -0.25) is 4.99 Å². The Morgan fingerprint density at radius 2 is 1.95 bits per heavy atom. The maximum Gasteiger partial charge on any atom is 0.173 e. The second-order valence-corrected chi connectivity index (χ2v) is 4.72. The Balaban J connectivity index is 2.05. The molecule has 1 aromatic heterocycles. The van der Waals surface area contributed by atoms with Crippen molar-refractivity contribution in [3.63, 3.8) is 0 Å². The Labute approximate surface area is 116 Å². The van der Waals surface area contributed by atoms with Crippen LogP contribution in [0.3, 0.4) is 0 Å². The van der Waals surface area contributed by atoms with Crippen molar-refractivity contribution in [2.24, 2.45) is 9.98 Å². The summed E-state index contributed by atoms with van der Waals surface area (Å²) in [5, 5.41) is 0. The highest BCUT2D eigenvalue weighted by Crippen LogP contribution is 2.24. The molecule has 3 rings (SSSR count). The van der Waals surface area contributed by atoms with Crippen LogP contribution in [-0.4, -0.2) is 23.6 Å². The van der Waals surface area contributed by atoms with Gasteiger partial charge in [-0.15, -0.1) is 0 Å². The summed E-state index contributed by atoms with van der Waals surface area (Å²) >= 11 is 0.